The van der Waals surface area contributed by atoms with Crippen molar-refractivity contribution in [3.05, 3.63) is 0 Å². The van der Waals surface area contributed by atoms with E-state index in [2.05, 4.69) is 27.7 Å². The topological polar surface area (TPSA) is 197 Å². The Morgan fingerprint density at radius 2 is 1.50 bits per heavy atom. The lowest BCUT2D eigenvalue weighted by atomic mass is 9.44. The van der Waals surface area contributed by atoms with E-state index in [9.17, 15) is 35.7 Å². The molecule has 0 bridgehead atoms. The number of ether oxygens (including phenoxy) is 6. The number of hydrogen-bond acceptors (Lipinski definition) is 13. The van der Waals surface area contributed by atoms with Crippen LogP contribution in [0.4, 0.5) is 0 Å². The second-order valence-corrected chi connectivity index (χ2v) is 18.8. The van der Waals surface area contributed by atoms with Gasteiger partial charge in [0.25, 0.3) is 0 Å². The molecule has 4 saturated carbocycles. The van der Waals surface area contributed by atoms with Crippen molar-refractivity contribution >= 4 is 0 Å². The minimum Gasteiger partial charge on any atom is -0.394 e. The fourth-order valence-corrected chi connectivity index (χ4v) is 13.2. The number of rotatable bonds is 5. The predicted molar refractivity (Wildman–Crippen MR) is 183 cm³/mol. The van der Waals surface area contributed by atoms with Crippen molar-refractivity contribution in [2.24, 2.45) is 52.3 Å². The Kier molecular flexibility index (Phi) is 10.2. The van der Waals surface area contributed by atoms with Crippen LogP contribution in [0.5, 0.6) is 0 Å². The summed E-state index contributed by atoms with van der Waals surface area (Å²) in [4.78, 5) is 0. The van der Waals surface area contributed by atoms with Crippen molar-refractivity contribution in [3.63, 3.8) is 0 Å². The Morgan fingerprint density at radius 3 is 2.21 bits per heavy atom. The van der Waals surface area contributed by atoms with Gasteiger partial charge < -0.3 is 64.2 Å². The van der Waals surface area contributed by atoms with Gasteiger partial charge in [-0.15, -0.1) is 0 Å². The number of fused-ring (bicyclic) bond motifs is 7. The Morgan fingerprint density at radius 1 is 0.731 bits per heavy atom. The van der Waals surface area contributed by atoms with Gasteiger partial charge in [0.15, 0.2) is 18.4 Å². The van der Waals surface area contributed by atoms with Crippen molar-refractivity contribution < 1.29 is 64.2 Å². The Labute approximate surface area is 307 Å². The molecule has 0 amide bonds. The van der Waals surface area contributed by atoms with Gasteiger partial charge in [0.2, 0.25) is 0 Å². The first-order valence-corrected chi connectivity index (χ1v) is 20.2. The van der Waals surface area contributed by atoms with Crippen LogP contribution < -0.4 is 0 Å². The maximum absolute atomic E-state index is 11.8. The molecule has 52 heavy (non-hydrogen) atoms. The van der Waals surface area contributed by atoms with Gasteiger partial charge in [0.05, 0.1) is 37.6 Å². The van der Waals surface area contributed by atoms with Crippen LogP contribution in [0.1, 0.15) is 92.4 Å². The minimum atomic E-state index is -1.65. The van der Waals surface area contributed by atoms with Crippen molar-refractivity contribution in [3.8, 4) is 0 Å². The third kappa shape index (κ3) is 5.89. The molecule has 8 aliphatic rings. The minimum absolute atomic E-state index is 0.0859. The van der Waals surface area contributed by atoms with Gasteiger partial charge in [0, 0.05) is 12.3 Å². The maximum atomic E-state index is 11.8. The van der Waals surface area contributed by atoms with Crippen LogP contribution >= 0.6 is 0 Å². The second-order valence-electron chi connectivity index (χ2n) is 18.8. The zero-order chi connectivity index (χ0) is 37.1. The monoisotopic (exact) mass is 740 g/mol. The molecule has 8 rings (SSSR count). The Hall–Kier alpha value is -0.520. The van der Waals surface area contributed by atoms with Gasteiger partial charge in [-0.1, -0.05) is 27.7 Å². The van der Waals surface area contributed by atoms with Crippen LogP contribution in [0.25, 0.3) is 0 Å². The largest absolute Gasteiger partial charge is 0.394 e. The fraction of sp³-hybridized carbons (Fsp3) is 1.00. The summed E-state index contributed by atoms with van der Waals surface area (Å²) < 4.78 is 37.4. The van der Waals surface area contributed by atoms with Crippen LogP contribution in [0, 0.1) is 52.3 Å². The Bertz CT molecular complexity index is 1280. The van der Waals surface area contributed by atoms with E-state index < -0.39 is 86.0 Å². The van der Waals surface area contributed by atoms with Crippen LogP contribution in [-0.2, 0) is 28.4 Å². The molecule has 8 fully saturated rings. The van der Waals surface area contributed by atoms with E-state index >= 15 is 0 Å². The molecule has 1 spiro atoms. The number of aliphatic hydroxyl groups excluding tert-OH is 7. The lowest BCUT2D eigenvalue weighted by Crippen LogP contribution is -2.65. The molecule has 7 N–H and O–H groups in total. The molecule has 13 nitrogen and oxygen atoms in total. The molecule has 0 aromatic carbocycles. The highest BCUT2D eigenvalue weighted by molar-refractivity contribution is 5.16. The van der Waals surface area contributed by atoms with Gasteiger partial charge in [-0.05, 0) is 105 Å². The second kappa shape index (κ2) is 13.8. The molecule has 298 valence electrons. The quantitative estimate of drug-likeness (QED) is 0.200. The third-order valence-corrected chi connectivity index (χ3v) is 16.2. The van der Waals surface area contributed by atoms with E-state index in [1.165, 1.54) is 6.92 Å². The smallest absolute Gasteiger partial charge is 0.187 e. The molecule has 0 aromatic heterocycles. The summed E-state index contributed by atoms with van der Waals surface area (Å²) >= 11 is 0. The summed E-state index contributed by atoms with van der Waals surface area (Å²) in [6.07, 6.45) is -6.51. The van der Waals surface area contributed by atoms with Gasteiger partial charge in [-0.3, -0.25) is 0 Å². The molecular weight excluding hydrogens is 676 g/mol. The van der Waals surface area contributed by atoms with E-state index in [0.717, 1.165) is 51.6 Å². The molecule has 4 aliphatic carbocycles. The molecule has 0 radical (unpaired) electrons. The average Bonchev–Trinajstić information content (AvgIpc) is 3.56. The molecule has 4 saturated heterocycles. The number of aliphatic hydroxyl groups is 7. The molecule has 4 heterocycles. The van der Waals surface area contributed by atoms with Crippen molar-refractivity contribution in [2.75, 3.05) is 13.2 Å². The first-order chi connectivity index (χ1) is 24.6. The van der Waals surface area contributed by atoms with Gasteiger partial charge in [-0.25, -0.2) is 0 Å². The van der Waals surface area contributed by atoms with Crippen LogP contribution in [0.15, 0.2) is 0 Å². The molecule has 13 unspecified atom stereocenters. The zero-order valence-electron chi connectivity index (χ0n) is 31.4. The van der Waals surface area contributed by atoms with Gasteiger partial charge in [-0.2, -0.15) is 0 Å². The fourth-order valence-electron chi connectivity index (χ4n) is 13.2. The zero-order valence-corrected chi connectivity index (χ0v) is 31.4. The van der Waals surface area contributed by atoms with E-state index in [-0.39, 0.29) is 22.9 Å². The molecular formula is C39H64O13. The van der Waals surface area contributed by atoms with Crippen LogP contribution in [0.3, 0.4) is 0 Å². The van der Waals surface area contributed by atoms with Gasteiger partial charge in [0.1, 0.15) is 42.7 Å². The molecule has 13 heteroatoms. The SMILES string of the molecule is CC1OC(OC2C(O[C@@H]3C[C@@H]4CC[C@@H]5[C@H](CC[C@]6(C)C7C(C[C@@H]56)O[C@]5(CC[C@@H](C)CO5)C7C)[C@@]4(C)C[C@H]3O)OC(CO)C(O)C2O)C(O)C(O)C1O. The maximum Gasteiger partial charge on any atom is 0.187 e. The highest BCUT2D eigenvalue weighted by Gasteiger charge is 2.69. The summed E-state index contributed by atoms with van der Waals surface area (Å²) in [5.41, 5.74) is 0.115. The Balaban J connectivity index is 0.962. The first kappa shape index (κ1) is 38.4. The number of hydrogen-bond donors (Lipinski definition) is 7. The van der Waals surface area contributed by atoms with E-state index in [4.69, 9.17) is 28.4 Å². The van der Waals surface area contributed by atoms with E-state index in [0.29, 0.717) is 48.3 Å². The summed E-state index contributed by atoms with van der Waals surface area (Å²) in [6.45, 7) is 11.2. The molecule has 23 atom stereocenters. The molecule has 0 aromatic rings. The third-order valence-electron chi connectivity index (χ3n) is 16.2. The lowest BCUT2D eigenvalue weighted by Gasteiger charge is -2.62. The van der Waals surface area contributed by atoms with Crippen molar-refractivity contribution in [1.82, 2.24) is 0 Å². The summed E-state index contributed by atoms with van der Waals surface area (Å²) in [7, 11) is 0. The van der Waals surface area contributed by atoms with E-state index in [1.807, 2.05) is 0 Å². The van der Waals surface area contributed by atoms with Crippen LogP contribution in [0.2, 0.25) is 0 Å². The van der Waals surface area contributed by atoms with Crippen molar-refractivity contribution in [1.29, 1.82) is 0 Å². The summed E-state index contributed by atoms with van der Waals surface area (Å²) in [5.74, 6) is 2.91. The standard InChI is InChI=1S/C39H64O13/c1-17-8-11-39(47-16-17)18(2)28-26(52-39)13-23-21-7-6-20-12-25(24(41)14-38(20,5)22(21)9-10-37(23,28)4)49-36-34(32(45)30(43)27(15-40)50-36)51-35-33(46)31(44)29(42)19(3)48-35/h17-36,40-46H,6-16H2,1-5H3/t17-,18?,19?,20+,21-,22+,23+,24-,25-,26?,27?,28?,29?,30?,31?,32?,33?,34?,35?,36?,37+,38+,39-/m1/s1. The summed E-state index contributed by atoms with van der Waals surface area (Å²) in [5, 5.41) is 74.8. The van der Waals surface area contributed by atoms with Crippen LogP contribution in [-0.4, -0.2) is 134 Å². The highest BCUT2D eigenvalue weighted by atomic mass is 16.8. The molecule has 4 aliphatic heterocycles. The van der Waals surface area contributed by atoms with Crippen molar-refractivity contribution in [2.45, 2.75) is 178 Å². The predicted octanol–water partition coefficient (Wildman–Crippen LogP) is 1.44. The lowest BCUT2D eigenvalue weighted by molar-refractivity contribution is -0.374. The van der Waals surface area contributed by atoms with E-state index in [1.54, 1.807) is 0 Å². The van der Waals surface area contributed by atoms with Gasteiger partial charge >= 0.3 is 0 Å². The summed E-state index contributed by atoms with van der Waals surface area (Å²) in [6, 6.07) is 0. The first-order valence-electron chi connectivity index (χ1n) is 20.2. The highest BCUT2D eigenvalue weighted by Crippen LogP contribution is 2.71. The normalized spacial score (nSPS) is 60.5. The average molecular weight is 741 g/mol.